The Balaban J connectivity index is 2.03. The Hall–Kier alpha value is -2.54. The van der Waals surface area contributed by atoms with Crippen LogP contribution < -0.4 is 10.1 Å². The number of hydrogen-bond acceptors (Lipinski definition) is 4. The van der Waals surface area contributed by atoms with Crippen LogP contribution in [0.1, 0.15) is 24.2 Å². The fraction of sp³-hybridized carbons (Fsp3) is 0.263. The van der Waals surface area contributed by atoms with E-state index < -0.39 is 17.9 Å². The summed E-state index contributed by atoms with van der Waals surface area (Å²) in [7, 11) is 0. The van der Waals surface area contributed by atoms with Gasteiger partial charge in [0.15, 0.2) is 0 Å². The average Bonchev–Trinajstić information content (AvgIpc) is 2.59. The summed E-state index contributed by atoms with van der Waals surface area (Å²) >= 11 is 1.55. The maximum absolute atomic E-state index is 12.9. The number of thioether (sulfide) groups is 1. The minimum atomic E-state index is -1.28. The SMILES string of the molecule is CC(C)Sc1ccccc1C(=O)NCC(Oc1ccc(F)cc1)C(=O)O. The van der Waals surface area contributed by atoms with Gasteiger partial charge in [-0.2, -0.15) is 0 Å². The van der Waals surface area contributed by atoms with Crippen LogP contribution >= 0.6 is 11.8 Å². The van der Waals surface area contributed by atoms with Gasteiger partial charge in [-0.05, 0) is 36.4 Å². The predicted octanol–water partition coefficient (Wildman–Crippen LogP) is 3.59. The Kier molecular flexibility index (Phi) is 7.03. The first-order valence-corrected chi connectivity index (χ1v) is 8.93. The van der Waals surface area contributed by atoms with Crippen LogP contribution in [-0.4, -0.2) is 34.9 Å². The highest BCUT2D eigenvalue weighted by atomic mass is 32.2. The highest BCUT2D eigenvalue weighted by Gasteiger charge is 2.21. The Morgan fingerprint density at radius 3 is 2.42 bits per heavy atom. The number of nitrogens with one attached hydrogen (secondary N) is 1. The molecule has 0 radical (unpaired) electrons. The second-order valence-corrected chi connectivity index (χ2v) is 7.39. The highest BCUT2D eigenvalue weighted by Crippen LogP contribution is 2.26. The van der Waals surface area contributed by atoms with E-state index in [1.54, 1.807) is 23.9 Å². The molecule has 7 heteroatoms. The monoisotopic (exact) mass is 377 g/mol. The molecule has 0 heterocycles. The summed E-state index contributed by atoms with van der Waals surface area (Å²) in [5.41, 5.74) is 0.483. The molecule has 0 saturated heterocycles. The normalized spacial score (nSPS) is 11.8. The van der Waals surface area contributed by atoms with Gasteiger partial charge in [0.05, 0.1) is 12.1 Å². The van der Waals surface area contributed by atoms with Crippen LogP contribution in [0.4, 0.5) is 4.39 Å². The van der Waals surface area contributed by atoms with Crippen molar-refractivity contribution in [3.8, 4) is 5.75 Å². The molecule has 0 bridgehead atoms. The fourth-order valence-corrected chi connectivity index (χ4v) is 3.10. The van der Waals surface area contributed by atoms with E-state index in [1.807, 2.05) is 26.0 Å². The van der Waals surface area contributed by atoms with Crippen molar-refractivity contribution in [3.63, 3.8) is 0 Å². The third-order valence-electron chi connectivity index (χ3n) is 3.31. The molecule has 1 unspecified atom stereocenters. The minimum absolute atomic E-state index is 0.212. The summed E-state index contributed by atoms with van der Waals surface area (Å²) in [5.74, 6) is -1.83. The van der Waals surface area contributed by atoms with E-state index in [2.05, 4.69) is 5.32 Å². The number of carbonyl (C=O) groups is 2. The lowest BCUT2D eigenvalue weighted by molar-refractivity contribution is -0.144. The van der Waals surface area contributed by atoms with Crippen molar-refractivity contribution in [1.82, 2.24) is 5.32 Å². The third kappa shape index (κ3) is 5.77. The molecule has 1 amide bonds. The lowest BCUT2D eigenvalue weighted by Crippen LogP contribution is -2.40. The van der Waals surface area contributed by atoms with Crippen molar-refractivity contribution in [2.45, 2.75) is 30.1 Å². The third-order valence-corrected chi connectivity index (χ3v) is 4.39. The van der Waals surface area contributed by atoms with E-state index in [1.165, 1.54) is 24.3 Å². The fourth-order valence-electron chi connectivity index (χ4n) is 2.15. The van der Waals surface area contributed by atoms with E-state index in [0.29, 0.717) is 10.8 Å². The Labute approximate surface area is 155 Å². The Morgan fingerprint density at radius 2 is 1.81 bits per heavy atom. The van der Waals surface area contributed by atoms with Gasteiger partial charge in [-0.15, -0.1) is 11.8 Å². The van der Waals surface area contributed by atoms with E-state index >= 15 is 0 Å². The molecule has 0 saturated carbocycles. The average molecular weight is 377 g/mol. The van der Waals surface area contributed by atoms with Crippen LogP contribution in [0.15, 0.2) is 53.4 Å². The van der Waals surface area contributed by atoms with Crippen LogP contribution in [0.5, 0.6) is 5.75 Å². The van der Waals surface area contributed by atoms with Crippen molar-refractivity contribution in [1.29, 1.82) is 0 Å². The van der Waals surface area contributed by atoms with Crippen LogP contribution in [0.25, 0.3) is 0 Å². The molecule has 26 heavy (non-hydrogen) atoms. The molecule has 2 aromatic carbocycles. The van der Waals surface area contributed by atoms with Crippen molar-refractivity contribution < 1.29 is 23.8 Å². The zero-order valence-electron chi connectivity index (χ0n) is 14.4. The molecule has 0 fully saturated rings. The molecular formula is C19H20FNO4S. The van der Waals surface area contributed by atoms with Crippen molar-refractivity contribution >= 4 is 23.6 Å². The number of carboxylic acid groups (broad SMARTS) is 1. The van der Waals surface area contributed by atoms with Gasteiger partial charge in [-0.3, -0.25) is 4.79 Å². The predicted molar refractivity (Wildman–Crippen MR) is 98.2 cm³/mol. The zero-order valence-corrected chi connectivity index (χ0v) is 15.3. The molecule has 2 N–H and O–H groups in total. The van der Waals surface area contributed by atoms with Crippen molar-refractivity contribution in [2.24, 2.45) is 0 Å². The summed E-state index contributed by atoms with van der Waals surface area (Å²) in [6, 6.07) is 12.2. The number of ether oxygens (including phenoxy) is 1. The lowest BCUT2D eigenvalue weighted by atomic mass is 10.2. The quantitative estimate of drug-likeness (QED) is 0.688. The first kappa shape index (κ1) is 19.8. The van der Waals surface area contributed by atoms with Crippen LogP contribution in [-0.2, 0) is 4.79 Å². The van der Waals surface area contributed by atoms with Gasteiger partial charge >= 0.3 is 5.97 Å². The molecule has 0 aromatic heterocycles. The van der Waals surface area contributed by atoms with Gasteiger partial charge in [-0.1, -0.05) is 26.0 Å². The molecule has 1 atom stereocenters. The zero-order chi connectivity index (χ0) is 19.1. The summed E-state index contributed by atoms with van der Waals surface area (Å²) in [4.78, 5) is 24.7. The first-order chi connectivity index (χ1) is 12.4. The molecule has 0 aliphatic carbocycles. The largest absolute Gasteiger partial charge is 0.478 e. The van der Waals surface area contributed by atoms with Gasteiger partial charge in [0.25, 0.3) is 5.91 Å². The number of aliphatic carboxylic acids is 1. The number of amides is 1. The number of carboxylic acids is 1. The van der Waals surface area contributed by atoms with E-state index in [9.17, 15) is 19.1 Å². The Bertz CT molecular complexity index is 764. The highest BCUT2D eigenvalue weighted by molar-refractivity contribution is 8.00. The molecule has 2 rings (SSSR count). The van der Waals surface area contributed by atoms with E-state index in [0.717, 1.165) is 4.90 Å². The van der Waals surface area contributed by atoms with Gasteiger partial charge in [0.1, 0.15) is 11.6 Å². The van der Waals surface area contributed by atoms with E-state index in [-0.39, 0.29) is 18.2 Å². The Morgan fingerprint density at radius 1 is 1.15 bits per heavy atom. The van der Waals surface area contributed by atoms with Crippen LogP contribution in [0, 0.1) is 5.82 Å². The van der Waals surface area contributed by atoms with Gasteiger partial charge in [0, 0.05) is 10.1 Å². The summed E-state index contributed by atoms with van der Waals surface area (Å²) < 4.78 is 18.2. The second kappa shape index (κ2) is 9.24. The van der Waals surface area contributed by atoms with Crippen LogP contribution in [0.2, 0.25) is 0 Å². The minimum Gasteiger partial charge on any atom is -0.478 e. The number of rotatable bonds is 8. The van der Waals surface area contributed by atoms with Crippen molar-refractivity contribution in [2.75, 3.05) is 6.54 Å². The van der Waals surface area contributed by atoms with Gasteiger partial charge in [0.2, 0.25) is 6.10 Å². The molecule has 138 valence electrons. The summed E-state index contributed by atoms with van der Waals surface area (Å²) in [6.45, 7) is 3.83. The standard InChI is InChI=1S/C19H20FNO4S/c1-12(2)26-17-6-4-3-5-15(17)18(22)21-11-16(19(23)24)25-14-9-7-13(20)8-10-14/h3-10,12,16H,11H2,1-2H3,(H,21,22)(H,23,24). The van der Waals surface area contributed by atoms with E-state index in [4.69, 9.17) is 4.74 Å². The molecule has 2 aromatic rings. The number of hydrogen-bond donors (Lipinski definition) is 2. The number of benzene rings is 2. The lowest BCUT2D eigenvalue weighted by Gasteiger charge is -2.17. The first-order valence-electron chi connectivity index (χ1n) is 8.05. The maximum atomic E-state index is 12.9. The molecule has 0 aliphatic rings. The molecule has 5 nitrogen and oxygen atoms in total. The van der Waals surface area contributed by atoms with Crippen molar-refractivity contribution in [3.05, 3.63) is 59.9 Å². The smallest absolute Gasteiger partial charge is 0.346 e. The maximum Gasteiger partial charge on any atom is 0.346 e. The van der Waals surface area contributed by atoms with Gasteiger partial charge < -0.3 is 15.2 Å². The topological polar surface area (TPSA) is 75.6 Å². The molecule has 0 aliphatic heterocycles. The van der Waals surface area contributed by atoms with Gasteiger partial charge in [-0.25, -0.2) is 9.18 Å². The molecular weight excluding hydrogens is 357 g/mol. The summed E-state index contributed by atoms with van der Waals surface area (Å²) in [5, 5.41) is 12.2. The number of carbonyl (C=O) groups excluding carboxylic acids is 1. The number of halogens is 1. The second-order valence-electron chi connectivity index (χ2n) is 5.77. The molecule has 0 spiro atoms. The summed E-state index contributed by atoms with van der Waals surface area (Å²) in [6.07, 6.45) is -1.28. The van der Waals surface area contributed by atoms with Crippen LogP contribution in [0.3, 0.4) is 0 Å².